The van der Waals surface area contributed by atoms with Gasteiger partial charge in [0.15, 0.2) is 5.78 Å². The number of nitro groups is 1. The maximum atomic E-state index is 12.2. The molecule has 0 atom stereocenters. The molecule has 0 heterocycles. The standard InChI is InChI=1S/C19H19BrN2O3/c1-19(2,3)14-6-4-13(5-7-14)18(23)10-11-21-17-9-8-15(22(24)25)12-16(17)20/h4-12,21H,1-3H3. The lowest BCUT2D eigenvalue weighted by molar-refractivity contribution is -0.384. The average molecular weight is 403 g/mol. The molecule has 0 aliphatic carbocycles. The summed E-state index contributed by atoms with van der Waals surface area (Å²) in [5.74, 6) is -0.119. The Morgan fingerprint density at radius 3 is 2.32 bits per heavy atom. The zero-order chi connectivity index (χ0) is 18.6. The highest BCUT2D eigenvalue weighted by atomic mass is 79.9. The first-order valence-electron chi connectivity index (χ1n) is 7.70. The van der Waals surface area contributed by atoms with E-state index in [1.165, 1.54) is 30.0 Å². The van der Waals surface area contributed by atoms with Crippen molar-refractivity contribution in [2.75, 3.05) is 5.32 Å². The van der Waals surface area contributed by atoms with Gasteiger partial charge in [0.25, 0.3) is 5.69 Å². The minimum absolute atomic E-state index is 0.00332. The van der Waals surface area contributed by atoms with Gasteiger partial charge in [-0.3, -0.25) is 14.9 Å². The first-order chi connectivity index (χ1) is 11.7. The molecule has 0 spiro atoms. The molecule has 25 heavy (non-hydrogen) atoms. The maximum absolute atomic E-state index is 12.2. The van der Waals surface area contributed by atoms with Crippen molar-refractivity contribution in [3.63, 3.8) is 0 Å². The molecule has 6 heteroatoms. The molecule has 0 aliphatic rings. The van der Waals surface area contributed by atoms with E-state index in [0.717, 1.165) is 0 Å². The number of ketones is 1. The van der Waals surface area contributed by atoms with Crippen molar-refractivity contribution in [2.24, 2.45) is 0 Å². The second-order valence-electron chi connectivity index (χ2n) is 6.59. The molecule has 0 amide bonds. The van der Waals surface area contributed by atoms with Gasteiger partial charge in [0.1, 0.15) is 0 Å². The van der Waals surface area contributed by atoms with Crippen LogP contribution in [-0.4, -0.2) is 10.7 Å². The molecule has 5 nitrogen and oxygen atoms in total. The summed E-state index contributed by atoms with van der Waals surface area (Å²) in [4.78, 5) is 22.4. The fourth-order valence-electron chi connectivity index (χ4n) is 2.17. The zero-order valence-electron chi connectivity index (χ0n) is 14.2. The van der Waals surface area contributed by atoms with Crippen LogP contribution in [0, 0.1) is 10.1 Å². The van der Waals surface area contributed by atoms with Gasteiger partial charge >= 0.3 is 0 Å². The number of benzene rings is 2. The molecule has 2 aromatic carbocycles. The fraction of sp³-hybridized carbons (Fsp3) is 0.211. The molecule has 2 aromatic rings. The summed E-state index contributed by atoms with van der Waals surface area (Å²) in [6.07, 6.45) is 2.95. The number of non-ortho nitro benzene ring substituents is 1. The fourth-order valence-corrected chi connectivity index (χ4v) is 2.65. The normalized spacial score (nSPS) is 11.5. The maximum Gasteiger partial charge on any atom is 0.270 e. The van der Waals surface area contributed by atoms with E-state index >= 15 is 0 Å². The van der Waals surface area contributed by atoms with Gasteiger partial charge in [0.05, 0.1) is 10.6 Å². The number of hydrogen-bond acceptors (Lipinski definition) is 4. The topological polar surface area (TPSA) is 72.2 Å². The van der Waals surface area contributed by atoms with Crippen LogP contribution < -0.4 is 5.32 Å². The number of hydrogen-bond donors (Lipinski definition) is 1. The minimum atomic E-state index is -0.463. The Labute approximate surface area is 155 Å². The summed E-state index contributed by atoms with van der Waals surface area (Å²) in [5.41, 5.74) is 2.45. The Bertz CT molecular complexity index is 822. The molecule has 0 fully saturated rings. The average Bonchev–Trinajstić information content (AvgIpc) is 2.55. The summed E-state index contributed by atoms with van der Waals surface area (Å²) < 4.78 is 0.549. The number of nitro benzene ring substituents is 1. The van der Waals surface area contributed by atoms with Crippen LogP contribution in [0.5, 0.6) is 0 Å². The number of allylic oxidation sites excluding steroid dienone is 1. The van der Waals surface area contributed by atoms with Crippen molar-refractivity contribution in [1.82, 2.24) is 0 Å². The molecule has 130 valence electrons. The van der Waals surface area contributed by atoms with Crippen molar-refractivity contribution in [2.45, 2.75) is 26.2 Å². The first-order valence-corrected chi connectivity index (χ1v) is 8.49. The molecular formula is C19H19BrN2O3. The molecular weight excluding hydrogens is 384 g/mol. The van der Waals surface area contributed by atoms with Crippen molar-refractivity contribution in [1.29, 1.82) is 0 Å². The number of carbonyl (C=O) groups is 1. The molecule has 0 aliphatic heterocycles. The molecule has 0 radical (unpaired) electrons. The van der Waals surface area contributed by atoms with Gasteiger partial charge < -0.3 is 5.32 Å². The predicted molar refractivity (Wildman–Crippen MR) is 103 cm³/mol. The Hall–Kier alpha value is -2.47. The third-order valence-corrected chi connectivity index (χ3v) is 4.33. The highest BCUT2D eigenvalue weighted by molar-refractivity contribution is 9.10. The summed E-state index contributed by atoms with van der Waals surface area (Å²) >= 11 is 3.27. The lowest BCUT2D eigenvalue weighted by atomic mass is 9.86. The van der Waals surface area contributed by atoms with Gasteiger partial charge in [-0.15, -0.1) is 0 Å². The van der Waals surface area contributed by atoms with Gasteiger partial charge in [-0.1, -0.05) is 45.0 Å². The van der Waals surface area contributed by atoms with Crippen LogP contribution in [0.15, 0.2) is 59.2 Å². The lowest BCUT2D eigenvalue weighted by Gasteiger charge is -2.18. The SMILES string of the molecule is CC(C)(C)c1ccc(C(=O)C=CNc2ccc([N+](=O)[O-])cc2Br)cc1. The Balaban J connectivity index is 2.04. The third-order valence-electron chi connectivity index (χ3n) is 3.67. The van der Waals surface area contributed by atoms with Crippen molar-refractivity contribution in [3.8, 4) is 0 Å². The van der Waals surface area contributed by atoms with Gasteiger partial charge in [-0.2, -0.15) is 0 Å². The molecule has 0 saturated heterocycles. The number of anilines is 1. The van der Waals surface area contributed by atoms with E-state index in [-0.39, 0.29) is 16.9 Å². The van der Waals surface area contributed by atoms with Crippen LogP contribution in [0.25, 0.3) is 0 Å². The number of nitrogens with zero attached hydrogens (tertiary/aromatic N) is 1. The van der Waals surface area contributed by atoms with Crippen LogP contribution in [0.2, 0.25) is 0 Å². The zero-order valence-corrected chi connectivity index (χ0v) is 15.8. The molecule has 0 aromatic heterocycles. The van der Waals surface area contributed by atoms with Crippen molar-refractivity contribution < 1.29 is 9.72 Å². The van der Waals surface area contributed by atoms with E-state index in [2.05, 4.69) is 42.0 Å². The summed E-state index contributed by atoms with van der Waals surface area (Å²) in [6.45, 7) is 6.36. The van der Waals surface area contributed by atoms with Gasteiger partial charge in [0, 0.05) is 34.4 Å². The van der Waals surface area contributed by atoms with Crippen LogP contribution in [0.4, 0.5) is 11.4 Å². The van der Waals surface area contributed by atoms with Crippen LogP contribution in [-0.2, 0) is 5.41 Å². The van der Waals surface area contributed by atoms with Crippen molar-refractivity contribution >= 4 is 33.1 Å². The number of carbonyl (C=O) groups excluding carboxylic acids is 1. The Morgan fingerprint density at radius 1 is 1.16 bits per heavy atom. The van der Waals surface area contributed by atoms with E-state index in [9.17, 15) is 14.9 Å². The van der Waals surface area contributed by atoms with Crippen LogP contribution in [0.3, 0.4) is 0 Å². The Kier molecular flexibility index (Phi) is 5.74. The second-order valence-corrected chi connectivity index (χ2v) is 7.44. The highest BCUT2D eigenvalue weighted by Crippen LogP contribution is 2.27. The quantitative estimate of drug-likeness (QED) is 0.311. The van der Waals surface area contributed by atoms with Crippen LogP contribution in [0.1, 0.15) is 36.7 Å². The summed E-state index contributed by atoms with van der Waals surface area (Å²) in [5, 5.41) is 13.7. The molecule has 0 unspecified atom stereocenters. The van der Waals surface area contributed by atoms with E-state index in [4.69, 9.17) is 0 Å². The van der Waals surface area contributed by atoms with Crippen molar-refractivity contribution in [3.05, 3.63) is 80.5 Å². The van der Waals surface area contributed by atoms with Gasteiger partial charge in [-0.05, 0) is 33.0 Å². The van der Waals surface area contributed by atoms with Crippen LogP contribution >= 0.6 is 15.9 Å². The van der Waals surface area contributed by atoms with E-state index in [1.807, 2.05) is 24.3 Å². The molecule has 0 saturated carbocycles. The number of halogens is 1. The summed E-state index contributed by atoms with van der Waals surface area (Å²) in [7, 11) is 0. The Morgan fingerprint density at radius 2 is 1.80 bits per heavy atom. The number of rotatable bonds is 5. The monoisotopic (exact) mass is 402 g/mol. The predicted octanol–water partition coefficient (Wildman–Crippen LogP) is 5.46. The molecule has 1 N–H and O–H groups in total. The molecule has 2 rings (SSSR count). The number of nitrogens with one attached hydrogen (secondary N) is 1. The highest BCUT2D eigenvalue weighted by Gasteiger charge is 2.13. The first kappa shape index (κ1) is 18.9. The lowest BCUT2D eigenvalue weighted by Crippen LogP contribution is -2.11. The van der Waals surface area contributed by atoms with E-state index in [1.54, 1.807) is 6.07 Å². The summed E-state index contributed by atoms with van der Waals surface area (Å²) in [6, 6.07) is 11.9. The molecule has 0 bridgehead atoms. The van der Waals surface area contributed by atoms with Gasteiger partial charge in [-0.25, -0.2) is 0 Å². The van der Waals surface area contributed by atoms with E-state index in [0.29, 0.717) is 15.7 Å². The largest absolute Gasteiger partial charge is 0.361 e. The second kappa shape index (κ2) is 7.61. The minimum Gasteiger partial charge on any atom is -0.361 e. The smallest absolute Gasteiger partial charge is 0.270 e. The van der Waals surface area contributed by atoms with E-state index < -0.39 is 4.92 Å². The van der Waals surface area contributed by atoms with Gasteiger partial charge in [0.2, 0.25) is 0 Å². The third kappa shape index (κ3) is 5.00.